The van der Waals surface area contributed by atoms with Crippen molar-refractivity contribution in [2.24, 2.45) is 5.73 Å². The van der Waals surface area contributed by atoms with Crippen molar-refractivity contribution in [1.29, 1.82) is 0 Å². The van der Waals surface area contributed by atoms with E-state index in [9.17, 15) is 0 Å². The molecule has 0 aliphatic heterocycles. The van der Waals surface area contributed by atoms with Gasteiger partial charge >= 0.3 is 0 Å². The van der Waals surface area contributed by atoms with Crippen molar-refractivity contribution in [3.8, 4) is 0 Å². The van der Waals surface area contributed by atoms with E-state index in [2.05, 4.69) is 23.2 Å². The van der Waals surface area contributed by atoms with Crippen LogP contribution in [0, 0.1) is 6.92 Å². The molecule has 2 nitrogen and oxygen atoms in total. The Bertz CT molecular complexity index is 501. The van der Waals surface area contributed by atoms with E-state index in [0.29, 0.717) is 6.54 Å². The van der Waals surface area contributed by atoms with Gasteiger partial charge in [-0.05, 0) is 24.6 Å². The summed E-state index contributed by atoms with van der Waals surface area (Å²) >= 11 is 0. The molecule has 2 aromatic rings. The number of hydrogen-bond donors (Lipinski definition) is 1. The van der Waals surface area contributed by atoms with Crippen molar-refractivity contribution in [3.63, 3.8) is 0 Å². The summed E-state index contributed by atoms with van der Waals surface area (Å²) in [6, 6.07) is 10.2. The fourth-order valence-corrected chi connectivity index (χ4v) is 1.67. The van der Waals surface area contributed by atoms with Crippen LogP contribution in [0.2, 0.25) is 0 Å². The highest BCUT2D eigenvalue weighted by Gasteiger charge is 1.99. The molecule has 0 saturated carbocycles. The SMILES string of the molecule is Cc1cc(C=CCN)c2ccccc2n1. The summed E-state index contributed by atoms with van der Waals surface area (Å²) in [5.41, 5.74) is 8.71. The molecule has 0 atom stereocenters. The third-order valence-corrected chi connectivity index (χ3v) is 2.31. The molecule has 0 aliphatic rings. The van der Waals surface area contributed by atoms with Gasteiger partial charge in [-0.3, -0.25) is 4.98 Å². The second kappa shape index (κ2) is 4.24. The maximum absolute atomic E-state index is 5.46. The standard InChI is InChI=1S/C13H14N2/c1-10-9-11(5-4-8-14)12-6-2-3-7-13(12)15-10/h2-7,9H,8,14H2,1H3. The maximum atomic E-state index is 5.46. The van der Waals surface area contributed by atoms with Gasteiger partial charge in [-0.1, -0.05) is 30.4 Å². The third-order valence-electron chi connectivity index (χ3n) is 2.31. The molecular formula is C13H14N2. The number of rotatable bonds is 2. The first-order valence-corrected chi connectivity index (χ1v) is 5.04. The van der Waals surface area contributed by atoms with Crippen LogP contribution in [0.3, 0.4) is 0 Å². The van der Waals surface area contributed by atoms with Gasteiger partial charge in [0.2, 0.25) is 0 Å². The molecule has 0 bridgehead atoms. The van der Waals surface area contributed by atoms with E-state index in [1.54, 1.807) is 0 Å². The number of aryl methyl sites for hydroxylation is 1. The Morgan fingerprint density at radius 1 is 1.33 bits per heavy atom. The monoisotopic (exact) mass is 198 g/mol. The molecule has 0 unspecified atom stereocenters. The zero-order chi connectivity index (χ0) is 10.7. The lowest BCUT2D eigenvalue weighted by Crippen LogP contribution is -1.93. The molecule has 0 fully saturated rings. The highest BCUT2D eigenvalue weighted by Crippen LogP contribution is 2.19. The minimum Gasteiger partial charge on any atom is -0.327 e. The van der Waals surface area contributed by atoms with Crippen molar-refractivity contribution in [2.45, 2.75) is 6.92 Å². The lowest BCUT2D eigenvalue weighted by atomic mass is 10.1. The zero-order valence-corrected chi connectivity index (χ0v) is 8.77. The van der Waals surface area contributed by atoms with E-state index in [4.69, 9.17) is 5.73 Å². The highest BCUT2D eigenvalue weighted by molar-refractivity contribution is 5.87. The highest BCUT2D eigenvalue weighted by atomic mass is 14.7. The van der Waals surface area contributed by atoms with Gasteiger partial charge in [0.15, 0.2) is 0 Å². The molecule has 0 aliphatic carbocycles. The number of nitrogens with two attached hydrogens (primary N) is 1. The molecule has 1 aromatic heterocycles. The van der Waals surface area contributed by atoms with E-state index in [0.717, 1.165) is 11.2 Å². The van der Waals surface area contributed by atoms with Crippen LogP contribution in [0.4, 0.5) is 0 Å². The van der Waals surface area contributed by atoms with Crippen molar-refractivity contribution < 1.29 is 0 Å². The van der Waals surface area contributed by atoms with Crippen LogP contribution in [-0.2, 0) is 0 Å². The molecule has 15 heavy (non-hydrogen) atoms. The molecule has 0 saturated heterocycles. The van der Waals surface area contributed by atoms with Crippen LogP contribution in [-0.4, -0.2) is 11.5 Å². The summed E-state index contributed by atoms with van der Waals surface area (Å²) in [5.74, 6) is 0. The summed E-state index contributed by atoms with van der Waals surface area (Å²) < 4.78 is 0. The summed E-state index contributed by atoms with van der Waals surface area (Å²) in [5, 5.41) is 1.17. The van der Waals surface area contributed by atoms with Gasteiger partial charge in [-0.2, -0.15) is 0 Å². The number of pyridine rings is 1. The third kappa shape index (κ3) is 2.05. The zero-order valence-electron chi connectivity index (χ0n) is 8.77. The Morgan fingerprint density at radius 3 is 2.93 bits per heavy atom. The first kappa shape index (κ1) is 9.87. The number of hydrogen-bond acceptors (Lipinski definition) is 2. The molecule has 0 spiro atoms. The lowest BCUT2D eigenvalue weighted by Gasteiger charge is -2.03. The van der Waals surface area contributed by atoms with E-state index in [1.165, 1.54) is 10.9 Å². The van der Waals surface area contributed by atoms with Crippen molar-refractivity contribution in [1.82, 2.24) is 4.98 Å². The molecule has 0 radical (unpaired) electrons. The Morgan fingerprint density at radius 2 is 2.13 bits per heavy atom. The molecule has 2 rings (SSSR count). The average Bonchev–Trinajstić information content (AvgIpc) is 2.25. The Hall–Kier alpha value is -1.67. The first-order valence-electron chi connectivity index (χ1n) is 5.04. The normalized spacial score (nSPS) is 11.3. The number of fused-ring (bicyclic) bond motifs is 1. The summed E-state index contributed by atoms with van der Waals surface area (Å²) in [6.45, 7) is 2.57. The van der Waals surface area contributed by atoms with Gasteiger partial charge in [-0.15, -0.1) is 0 Å². The summed E-state index contributed by atoms with van der Waals surface area (Å²) in [6.07, 6.45) is 4.01. The minimum atomic E-state index is 0.565. The lowest BCUT2D eigenvalue weighted by molar-refractivity contribution is 1.24. The second-order valence-corrected chi connectivity index (χ2v) is 3.51. The predicted molar refractivity (Wildman–Crippen MR) is 64.6 cm³/mol. The topological polar surface area (TPSA) is 38.9 Å². The Kier molecular flexibility index (Phi) is 2.79. The number of aromatic nitrogens is 1. The maximum Gasteiger partial charge on any atom is 0.0711 e. The fourth-order valence-electron chi connectivity index (χ4n) is 1.67. The minimum absolute atomic E-state index is 0.565. The van der Waals surface area contributed by atoms with Crippen LogP contribution in [0.25, 0.3) is 17.0 Å². The van der Waals surface area contributed by atoms with E-state index < -0.39 is 0 Å². The van der Waals surface area contributed by atoms with E-state index >= 15 is 0 Å². The smallest absolute Gasteiger partial charge is 0.0711 e. The van der Waals surface area contributed by atoms with Gasteiger partial charge in [0.05, 0.1) is 5.52 Å². The molecular weight excluding hydrogens is 184 g/mol. The molecule has 76 valence electrons. The first-order chi connectivity index (χ1) is 7.31. The Balaban J connectivity index is 2.65. The van der Waals surface area contributed by atoms with Gasteiger partial charge < -0.3 is 5.73 Å². The quantitative estimate of drug-likeness (QED) is 0.805. The fraction of sp³-hybridized carbons (Fsp3) is 0.154. The average molecular weight is 198 g/mol. The van der Waals surface area contributed by atoms with Crippen molar-refractivity contribution in [2.75, 3.05) is 6.54 Å². The van der Waals surface area contributed by atoms with Gasteiger partial charge in [-0.25, -0.2) is 0 Å². The molecule has 2 heteroatoms. The van der Waals surface area contributed by atoms with Gasteiger partial charge in [0.1, 0.15) is 0 Å². The largest absolute Gasteiger partial charge is 0.327 e. The van der Waals surface area contributed by atoms with E-state index in [-0.39, 0.29) is 0 Å². The van der Waals surface area contributed by atoms with E-state index in [1.807, 2.05) is 31.2 Å². The number of benzene rings is 1. The summed E-state index contributed by atoms with van der Waals surface area (Å²) in [7, 11) is 0. The molecule has 2 N–H and O–H groups in total. The van der Waals surface area contributed by atoms with Gasteiger partial charge in [0, 0.05) is 17.6 Å². The molecule has 1 heterocycles. The number of nitrogens with zero attached hydrogens (tertiary/aromatic N) is 1. The van der Waals surface area contributed by atoms with Gasteiger partial charge in [0.25, 0.3) is 0 Å². The van der Waals surface area contributed by atoms with Crippen LogP contribution in [0.1, 0.15) is 11.3 Å². The second-order valence-electron chi connectivity index (χ2n) is 3.51. The number of para-hydroxylation sites is 1. The van der Waals surface area contributed by atoms with Crippen LogP contribution in [0.15, 0.2) is 36.4 Å². The predicted octanol–water partition coefficient (Wildman–Crippen LogP) is 2.52. The van der Waals surface area contributed by atoms with Crippen molar-refractivity contribution in [3.05, 3.63) is 47.7 Å². The van der Waals surface area contributed by atoms with Crippen molar-refractivity contribution >= 4 is 17.0 Å². The molecule has 1 aromatic carbocycles. The van der Waals surface area contributed by atoms with Crippen LogP contribution in [0.5, 0.6) is 0 Å². The van der Waals surface area contributed by atoms with Crippen LogP contribution < -0.4 is 5.73 Å². The van der Waals surface area contributed by atoms with Crippen LogP contribution >= 0.6 is 0 Å². The summed E-state index contributed by atoms with van der Waals surface area (Å²) in [4.78, 5) is 4.48. The Labute approximate surface area is 89.4 Å². The molecule has 0 amide bonds.